The molecule has 0 spiro atoms. The van der Waals surface area contributed by atoms with Gasteiger partial charge in [-0.25, -0.2) is 4.39 Å². The number of benzene rings is 2. The van der Waals surface area contributed by atoms with Crippen LogP contribution in [0.2, 0.25) is 0 Å². The summed E-state index contributed by atoms with van der Waals surface area (Å²) in [5, 5.41) is 5.74. The molecular formula is C25H27FN4O. The summed E-state index contributed by atoms with van der Waals surface area (Å²) in [6.45, 7) is 7.96. The van der Waals surface area contributed by atoms with Gasteiger partial charge in [0.2, 0.25) is 0 Å². The third-order valence-electron chi connectivity index (χ3n) is 6.70. The van der Waals surface area contributed by atoms with Crippen LogP contribution in [-0.4, -0.2) is 44.7 Å². The molecule has 0 radical (unpaired) electrons. The third kappa shape index (κ3) is 3.08. The molecule has 2 aromatic carbocycles. The van der Waals surface area contributed by atoms with E-state index in [1.807, 2.05) is 37.5 Å². The maximum Gasteiger partial charge on any atom is 0.163 e. The summed E-state index contributed by atoms with van der Waals surface area (Å²) < 4.78 is 20.0. The first-order valence-corrected chi connectivity index (χ1v) is 11.0. The van der Waals surface area contributed by atoms with Gasteiger partial charge in [0.15, 0.2) is 5.78 Å². The van der Waals surface area contributed by atoms with Crippen LogP contribution in [0.25, 0.3) is 32.9 Å². The Labute approximate surface area is 181 Å². The molecule has 2 heterocycles. The van der Waals surface area contributed by atoms with Gasteiger partial charge in [-0.05, 0) is 49.3 Å². The molecule has 0 unspecified atom stereocenters. The monoisotopic (exact) mass is 418 g/mol. The molecule has 2 aromatic heterocycles. The molecular weight excluding hydrogens is 391 g/mol. The molecule has 4 aromatic rings. The number of fused-ring (bicyclic) bond motifs is 5. The van der Waals surface area contributed by atoms with Crippen LogP contribution in [0.1, 0.15) is 36.2 Å². The molecule has 1 aliphatic carbocycles. The van der Waals surface area contributed by atoms with Crippen LogP contribution in [0.3, 0.4) is 0 Å². The molecule has 31 heavy (non-hydrogen) atoms. The first-order chi connectivity index (χ1) is 15.0. The predicted octanol–water partition coefficient (Wildman–Crippen LogP) is 4.80. The minimum Gasteiger partial charge on any atom is -0.339 e. The van der Waals surface area contributed by atoms with Crippen molar-refractivity contribution in [1.29, 1.82) is 0 Å². The van der Waals surface area contributed by atoms with Gasteiger partial charge in [-0.15, -0.1) is 0 Å². The van der Waals surface area contributed by atoms with E-state index in [-0.39, 0.29) is 11.6 Å². The minimum absolute atomic E-state index is 0.157. The fourth-order valence-corrected chi connectivity index (χ4v) is 5.00. The smallest absolute Gasteiger partial charge is 0.163 e. The zero-order valence-corrected chi connectivity index (χ0v) is 18.3. The average molecular weight is 419 g/mol. The van der Waals surface area contributed by atoms with Gasteiger partial charge in [-0.2, -0.15) is 5.10 Å². The van der Waals surface area contributed by atoms with Crippen molar-refractivity contribution in [2.24, 2.45) is 7.05 Å². The van der Waals surface area contributed by atoms with E-state index < -0.39 is 0 Å². The first-order valence-electron chi connectivity index (χ1n) is 11.0. The van der Waals surface area contributed by atoms with Crippen LogP contribution in [0.4, 0.5) is 4.39 Å². The molecule has 5 rings (SSSR count). The van der Waals surface area contributed by atoms with Gasteiger partial charge in [0, 0.05) is 65.7 Å². The molecule has 0 saturated heterocycles. The highest BCUT2D eigenvalue weighted by Crippen LogP contribution is 2.40. The minimum atomic E-state index is -0.232. The number of aryl methyl sites for hydroxylation is 2. The molecule has 0 fully saturated rings. The molecule has 0 atom stereocenters. The molecule has 160 valence electrons. The van der Waals surface area contributed by atoms with E-state index in [4.69, 9.17) is 0 Å². The maximum absolute atomic E-state index is 16.1. The summed E-state index contributed by atoms with van der Waals surface area (Å²) in [7, 11) is 1.83. The zero-order valence-electron chi connectivity index (χ0n) is 18.3. The Morgan fingerprint density at radius 1 is 1.03 bits per heavy atom. The lowest BCUT2D eigenvalue weighted by molar-refractivity contribution is 0.0994. The van der Waals surface area contributed by atoms with Gasteiger partial charge < -0.3 is 9.47 Å². The van der Waals surface area contributed by atoms with Crippen molar-refractivity contribution in [3.8, 4) is 11.1 Å². The third-order valence-corrected chi connectivity index (χ3v) is 6.70. The largest absolute Gasteiger partial charge is 0.339 e. The molecule has 0 amide bonds. The number of hydrogen-bond acceptors (Lipinski definition) is 3. The quantitative estimate of drug-likeness (QED) is 0.452. The van der Waals surface area contributed by atoms with Crippen molar-refractivity contribution in [3.05, 3.63) is 53.6 Å². The van der Waals surface area contributed by atoms with Crippen molar-refractivity contribution in [1.82, 2.24) is 19.2 Å². The summed E-state index contributed by atoms with van der Waals surface area (Å²) in [6.07, 6.45) is 4.71. The van der Waals surface area contributed by atoms with E-state index in [0.717, 1.165) is 59.3 Å². The Morgan fingerprint density at radius 3 is 2.42 bits per heavy atom. The topological polar surface area (TPSA) is 43.1 Å². The second kappa shape index (κ2) is 7.61. The molecule has 1 aliphatic rings. The number of aromatic nitrogens is 3. The molecule has 0 aliphatic heterocycles. The van der Waals surface area contributed by atoms with Gasteiger partial charge in [0.05, 0.1) is 11.7 Å². The number of hydrogen-bond donors (Lipinski definition) is 0. The fourth-order valence-electron chi connectivity index (χ4n) is 5.00. The summed E-state index contributed by atoms with van der Waals surface area (Å²) in [6, 6.07) is 7.81. The number of likely N-dealkylation sites (N-methyl/N-ethyl adjacent to an activating group) is 1. The number of rotatable bonds is 6. The van der Waals surface area contributed by atoms with E-state index >= 15 is 4.39 Å². The SMILES string of the molecule is CCN(CC)CCn1c2ccc(-c3cnn(C)c3)c(F)c2c2c3c(ccc21)C(=O)CC3. The highest BCUT2D eigenvalue weighted by Gasteiger charge is 2.27. The van der Waals surface area contributed by atoms with Crippen molar-refractivity contribution in [2.45, 2.75) is 33.2 Å². The molecule has 0 bridgehead atoms. The van der Waals surface area contributed by atoms with Crippen LogP contribution < -0.4 is 0 Å². The van der Waals surface area contributed by atoms with Crippen molar-refractivity contribution >= 4 is 27.6 Å². The highest BCUT2D eigenvalue weighted by atomic mass is 19.1. The van der Waals surface area contributed by atoms with Crippen LogP contribution in [0, 0.1) is 5.82 Å². The average Bonchev–Trinajstić information content (AvgIpc) is 3.45. The summed E-state index contributed by atoms with van der Waals surface area (Å²) in [4.78, 5) is 14.8. The van der Waals surface area contributed by atoms with Crippen LogP contribution in [0.5, 0.6) is 0 Å². The van der Waals surface area contributed by atoms with E-state index in [9.17, 15) is 4.79 Å². The van der Waals surface area contributed by atoms with Gasteiger partial charge in [0.25, 0.3) is 0 Å². The summed E-state index contributed by atoms with van der Waals surface area (Å²) in [5.41, 5.74) is 4.95. The summed E-state index contributed by atoms with van der Waals surface area (Å²) >= 11 is 0. The van der Waals surface area contributed by atoms with E-state index in [1.54, 1.807) is 10.9 Å². The number of carbonyl (C=O) groups excluding carboxylic acids is 1. The molecule has 0 saturated carbocycles. The normalized spacial score (nSPS) is 13.8. The Kier molecular flexibility index (Phi) is 4.89. The predicted molar refractivity (Wildman–Crippen MR) is 122 cm³/mol. The van der Waals surface area contributed by atoms with Crippen molar-refractivity contribution in [2.75, 3.05) is 19.6 Å². The highest BCUT2D eigenvalue weighted by molar-refractivity contribution is 6.16. The van der Waals surface area contributed by atoms with E-state index in [2.05, 4.69) is 28.4 Å². The Morgan fingerprint density at radius 2 is 1.74 bits per heavy atom. The van der Waals surface area contributed by atoms with Gasteiger partial charge in [-0.1, -0.05) is 13.8 Å². The first kappa shape index (κ1) is 19.9. The van der Waals surface area contributed by atoms with Crippen LogP contribution >= 0.6 is 0 Å². The Bertz CT molecular complexity index is 1310. The van der Waals surface area contributed by atoms with Crippen molar-refractivity contribution < 1.29 is 9.18 Å². The lowest BCUT2D eigenvalue weighted by Gasteiger charge is -2.19. The second-order valence-corrected chi connectivity index (χ2v) is 8.31. The number of nitrogens with zero attached hydrogens (tertiary/aromatic N) is 4. The molecule has 5 nitrogen and oxygen atoms in total. The van der Waals surface area contributed by atoms with Gasteiger partial charge in [0.1, 0.15) is 5.82 Å². The van der Waals surface area contributed by atoms with Gasteiger partial charge >= 0.3 is 0 Å². The Balaban J connectivity index is 1.78. The molecule has 0 N–H and O–H groups in total. The lowest BCUT2D eigenvalue weighted by atomic mass is 9.99. The molecule has 6 heteroatoms. The number of Topliss-reactive ketones (excluding diaryl/α,β-unsaturated/α-hetero) is 1. The van der Waals surface area contributed by atoms with Crippen LogP contribution in [0.15, 0.2) is 36.7 Å². The number of ketones is 1. The standard InChI is InChI=1S/C25H27FN4O/c1-4-29(5-2)12-13-30-20-10-7-18-19(8-11-22(18)31)23(20)24-21(30)9-6-17(25(24)26)16-14-27-28(3)15-16/h6-7,9-10,14-15H,4-5,8,11-13H2,1-3H3. The fraction of sp³-hybridized carbons (Fsp3) is 0.360. The summed E-state index contributed by atoms with van der Waals surface area (Å²) in [5.74, 6) is -0.0744. The number of carbonyl (C=O) groups is 1. The Hall–Kier alpha value is -2.99. The van der Waals surface area contributed by atoms with Crippen LogP contribution in [-0.2, 0) is 20.0 Å². The van der Waals surface area contributed by atoms with Crippen molar-refractivity contribution in [3.63, 3.8) is 0 Å². The second-order valence-electron chi connectivity index (χ2n) is 8.31. The zero-order chi connectivity index (χ0) is 21.7. The maximum atomic E-state index is 16.1. The van der Waals surface area contributed by atoms with E-state index in [1.165, 1.54) is 0 Å². The van der Waals surface area contributed by atoms with Gasteiger partial charge in [-0.3, -0.25) is 9.48 Å². The number of halogens is 1. The van der Waals surface area contributed by atoms with E-state index in [0.29, 0.717) is 23.8 Å². The lowest BCUT2D eigenvalue weighted by Crippen LogP contribution is -2.26.